The van der Waals surface area contributed by atoms with Crippen LogP contribution in [0.1, 0.15) is 21.5 Å². The van der Waals surface area contributed by atoms with Crippen LogP contribution in [0.4, 0.5) is 5.69 Å². The van der Waals surface area contributed by atoms with Crippen LogP contribution in [0.15, 0.2) is 73.1 Å². The number of aromatic nitrogens is 1. The van der Waals surface area contributed by atoms with Gasteiger partial charge in [-0.25, -0.2) is 0 Å². The number of anilines is 1. The standard InChI is InChI=1S/C32H30ClN3O7S/c1-41-24-10-8-21(29(13-24)42-2)16-35-19-32(27-12-23(33)9-11-26(27)30(35)37)22(18-43-44(3,39)40)17-36(31(32)38)28-15-34-14-20-6-4-5-7-25(20)28/h4-15,22H,16-19H2,1-3H3/t22-,32+/m1/s1. The smallest absolute Gasteiger partial charge is 0.264 e. The zero-order chi connectivity index (χ0) is 31.2. The minimum Gasteiger partial charge on any atom is -0.497 e. The number of ether oxygens (including phenoxy) is 2. The normalized spacial score (nSPS) is 20.0. The van der Waals surface area contributed by atoms with Crippen LogP contribution < -0.4 is 14.4 Å². The molecule has 1 aromatic heterocycles. The lowest BCUT2D eigenvalue weighted by atomic mass is 9.68. The van der Waals surface area contributed by atoms with Crippen molar-refractivity contribution in [3.8, 4) is 11.5 Å². The first-order valence-corrected chi connectivity index (χ1v) is 16.0. The van der Waals surface area contributed by atoms with Crippen LogP contribution in [0.3, 0.4) is 0 Å². The summed E-state index contributed by atoms with van der Waals surface area (Å²) in [6.45, 7) is -0.0682. The monoisotopic (exact) mass is 635 g/mol. The molecule has 0 aliphatic carbocycles. The van der Waals surface area contributed by atoms with Crippen molar-refractivity contribution in [1.29, 1.82) is 0 Å². The van der Waals surface area contributed by atoms with Gasteiger partial charge in [-0.15, -0.1) is 0 Å². The van der Waals surface area contributed by atoms with Crippen molar-refractivity contribution in [3.63, 3.8) is 0 Å². The molecule has 1 fully saturated rings. The number of nitrogens with zero attached hydrogens (tertiary/aromatic N) is 3. The maximum absolute atomic E-state index is 14.9. The van der Waals surface area contributed by atoms with E-state index >= 15 is 0 Å². The number of hydrogen-bond acceptors (Lipinski definition) is 8. The predicted molar refractivity (Wildman–Crippen MR) is 166 cm³/mol. The quantitative estimate of drug-likeness (QED) is 0.261. The van der Waals surface area contributed by atoms with E-state index < -0.39 is 21.5 Å². The van der Waals surface area contributed by atoms with Crippen molar-refractivity contribution in [2.45, 2.75) is 12.0 Å². The summed E-state index contributed by atoms with van der Waals surface area (Å²) < 4.78 is 40.7. The second kappa shape index (κ2) is 11.4. The summed E-state index contributed by atoms with van der Waals surface area (Å²) in [7, 11) is -0.769. The summed E-state index contributed by atoms with van der Waals surface area (Å²) in [5, 5.41) is 2.01. The summed E-state index contributed by atoms with van der Waals surface area (Å²) in [5.41, 5.74) is 0.659. The molecule has 12 heteroatoms. The molecule has 0 saturated carbocycles. The Morgan fingerprint density at radius 1 is 1.02 bits per heavy atom. The Balaban J connectivity index is 1.51. The van der Waals surface area contributed by atoms with Crippen molar-refractivity contribution in [3.05, 3.63) is 94.8 Å². The SMILES string of the molecule is COc1ccc(CN2C[C@@]3(C(=O)N(c4cncc5ccccc45)C[C@@H]3COS(C)(=O)=O)c3cc(Cl)ccc3C2=O)c(OC)c1. The van der Waals surface area contributed by atoms with Crippen molar-refractivity contribution in [1.82, 2.24) is 9.88 Å². The number of halogens is 1. The second-order valence-electron chi connectivity index (χ2n) is 11.0. The van der Waals surface area contributed by atoms with Gasteiger partial charge in [0.25, 0.3) is 16.0 Å². The largest absolute Gasteiger partial charge is 0.497 e. The lowest BCUT2D eigenvalue weighted by Crippen LogP contribution is -2.56. The van der Waals surface area contributed by atoms with Gasteiger partial charge in [0.15, 0.2) is 0 Å². The number of amides is 2. The van der Waals surface area contributed by atoms with E-state index in [-0.39, 0.29) is 38.1 Å². The molecule has 3 aromatic carbocycles. The van der Waals surface area contributed by atoms with Crippen molar-refractivity contribution >= 4 is 50.0 Å². The fraction of sp³-hybridized carbons (Fsp3) is 0.281. The molecule has 0 radical (unpaired) electrons. The molecule has 1 saturated heterocycles. The Morgan fingerprint density at radius 2 is 1.82 bits per heavy atom. The van der Waals surface area contributed by atoms with E-state index in [4.69, 9.17) is 25.3 Å². The highest BCUT2D eigenvalue weighted by atomic mass is 35.5. The maximum atomic E-state index is 14.9. The van der Waals surface area contributed by atoms with Gasteiger partial charge in [0.1, 0.15) is 11.5 Å². The van der Waals surface area contributed by atoms with Crippen LogP contribution in [-0.4, -0.2) is 70.3 Å². The Bertz CT molecular complexity index is 1900. The van der Waals surface area contributed by atoms with E-state index in [1.165, 1.54) is 7.11 Å². The van der Waals surface area contributed by atoms with Gasteiger partial charge >= 0.3 is 0 Å². The highest BCUT2D eigenvalue weighted by Crippen LogP contribution is 2.49. The molecule has 2 amide bonds. The van der Waals surface area contributed by atoms with Crippen molar-refractivity contribution in [2.24, 2.45) is 5.92 Å². The molecule has 2 aliphatic heterocycles. The Morgan fingerprint density at radius 3 is 2.57 bits per heavy atom. The second-order valence-corrected chi connectivity index (χ2v) is 13.1. The van der Waals surface area contributed by atoms with E-state index in [9.17, 15) is 18.0 Å². The number of benzene rings is 3. The molecular formula is C32H30ClN3O7S. The average Bonchev–Trinajstić information content (AvgIpc) is 3.29. The predicted octanol–water partition coefficient (Wildman–Crippen LogP) is 4.44. The van der Waals surface area contributed by atoms with Crippen molar-refractivity contribution in [2.75, 3.05) is 45.1 Å². The number of pyridine rings is 1. The topological polar surface area (TPSA) is 115 Å². The Labute approximate surface area is 260 Å². The van der Waals surface area contributed by atoms with Crippen LogP contribution >= 0.6 is 11.6 Å². The highest BCUT2D eigenvalue weighted by molar-refractivity contribution is 7.85. The molecule has 228 valence electrons. The third kappa shape index (κ3) is 5.14. The fourth-order valence-corrected chi connectivity index (χ4v) is 6.93. The van der Waals surface area contributed by atoms with Crippen LogP contribution in [0.2, 0.25) is 5.02 Å². The van der Waals surface area contributed by atoms with E-state index in [1.807, 2.05) is 30.3 Å². The highest BCUT2D eigenvalue weighted by Gasteiger charge is 2.60. The van der Waals surface area contributed by atoms with Gasteiger partial charge in [-0.1, -0.05) is 35.9 Å². The zero-order valence-corrected chi connectivity index (χ0v) is 25.9. The average molecular weight is 636 g/mol. The molecular weight excluding hydrogens is 606 g/mol. The third-order valence-electron chi connectivity index (χ3n) is 8.42. The number of fused-ring (bicyclic) bond motifs is 3. The summed E-state index contributed by atoms with van der Waals surface area (Å²) in [6, 6.07) is 17.8. The summed E-state index contributed by atoms with van der Waals surface area (Å²) >= 11 is 6.48. The molecule has 0 N–H and O–H groups in total. The summed E-state index contributed by atoms with van der Waals surface area (Å²) in [4.78, 5) is 36.5. The number of rotatable bonds is 8. The molecule has 2 atom stereocenters. The number of carbonyl (C=O) groups is 2. The molecule has 6 rings (SSSR count). The van der Waals surface area contributed by atoms with Crippen LogP contribution in [-0.2, 0) is 31.1 Å². The van der Waals surface area contributed by atoms with E-state index in [1.54, 1.807) is 59.6 Å². The Kier molecular flexibility index (Phi) is 7.73. The number of hydrogen-bond donors (Lipinski definition) is 0. The third-order valence-corrected chi connectivity index (χ3v) is 9.22. The van der Waals surface area contributed by atoms with Gasteiger partial charge in [-0.3, -0.25) is 18.8 Å². The molecule has 4 aromatic rings. The first kappa shape index (κ1) is 29.9. The molecule has 0 bridgehead atoms. The van der Waals surface area contributed by atoms with Gasteiger partial charge in [-0.2, -0.15) is 8.42 Å². The van der Waals surface area contributed by atoms with Gasteiger partial charge in [-0.05, 0) is 35.9 Å². The fourth-order valence-electron chi connectivity index (χ4n) is 6.35. The number of methoxy groups -OCH3 is 2. The van der Waals surface area contributed by atoms with Crippen molar-refractivity contribution < 1.29 is 31.7 Å². The summed E-state index contributed by atoms with van der Waals surface area (Å²) in [6.07, 6.45) is 4.32. The first-order chi connectivity index (χ1) is 21.1. The molecule has 3 heterocycles. The molecule has 1 spiro atoms. The zero-order valence-electron chi connectivity index (χ0n) is 24.3. The van der Waals surface area contributed by atoms with E-state index in [2.05, 4.69) is 4.98 Å². The van der Waals surface area contributed by atoms with Crippen LogP contribution in [0.5, 0.6) is 11.5 Å². The summed E-state index contributed by atoms with van der Waals surface area (Å²) in [5.74, 6) is -0.155. The minimum absolute atomic E-state index is 0.0420. The lowest BCUT2D eigenvalue weighted by Gasteiger charge is -2.43. The van der Waals surface area contributed by atoms with Gasteiger partial charge in [0.2, 0.25) is 5.91 Å². The first-order valence-electron chi connectivity index (χ1n) is 13.8. The van der Waals surface area contributed by atoms with E-state index in [0.29, 0.717) is 38.9 Å². The maximum Gasteiger partial charge on any atom is 0.264 e. The number of carbonyl (C=O) groups excluding carboxylic acids is 2. The van der Waals surface area contributed by atoms with Crippen LogP contribution in [0.25, 0.3) is 10.8 Å². The van der Waals surface area contributed by atoms with Gasteiger partial charge in [0.05, 0.1) is 44.4 Å². The minimum atomic E-state index is -3.85. The molecule has 2 aliphatic rings. The van der Waals surface area contributed by atoms with Gasteiger partial charge in [0, 0.05) is 64.7 Å². The van der Waals surface area contributed by atoms with Gasteiger partial charge < -0.3 is 19.3 Å². The molecule has 0 unspecified atom stereocenters. The van der Waals surface area contributed by atoms with Crippen LogP contribution in [0, 0.1) is 5.92 Å². The molecule has 10 nitrogen and oxygen atoms in total. The van der Waals surface area contributed by atoms with E-state index in [0.717, 1.165) is 17.0 Å². The Hall–Kier alpha value is -4.19. The lowest BCUT2D eigenvalue weighted by molar-refractivity contribution is -0.124. The molecule has 44 heavy (non-hydrogen) atoms.